The van der Waals surface area contributed by atoms with E-state index in [2.05, 4.69) is 39.6 Å². The van der Waals surface area contributed by atoms with E-state index in [0.29, 0.717) is 11.7 Å². The van der Waals surface area contributed by atoms with Crippen molar-refractivity contribution in [2.45, 2.75) is 26.8 Å². The van der Waals surface area contributed by atoms with Gasteiger partial charge in [0.1, 0.15) is 5.82 Å². The summed E-state index contributed by atoms with van der Waals surface area (Å²) in [5, 5.41) is 6.12. The van der Waals surface area contributed by atoms with Gasteiger partial charge in [-0.25, -0.2) is 4.98 Å². The van der Waals surface area contributed by atoms with Crippen LogP contribution in [0.15, 0.2) is 40.2 Å². The zero-order valence-corrected chi connectivity index (χ0v) is 13.8. The predicted octanol–water partition coefficient (Wildman–Crippen LogP) is 4.40. The molecule has 0 spiro atoms. The van der Waals surface area contributed by atoms with Crippen LogP contribution >= 0.6 is 11.3 Å². The molecular formula is C17H16N4OS. The molecule has 3 heterocycles. The molecule has 0 amide bonds. The lowest BCUT2D eigenvalue weighted by atomic mass is 10.2. The number of hydrogen-bond donors (Lipinski definition) is 0. The molecule has 0 aliphatic rings. The van der Waals surface area contributed by atoms with E-state index in [1.54, 1.807) is 11.3 Å². The largest absolute Gasteiger partial charge is 0.333 e. The number of thiophene rings is 1. The highest BCUT2D eigenvalue weighted by atomic mass is 32.1. The van der Waals surface area contributed by atoms with Crippen molar-refractivity contribution in [2.75, 3.05) is 0 Å². The minimum Gasteiger partial charge on any atom is -0.333 e. The monoisotopic (exact) mass is 324 g/mol. The normalized spacial score (nSPS) is 11.4. The summed E-state index contributed by atoms with van der Waals surface area (Å²) in [6.07, 6.45) is 0.919. The number of aryl methyl sites for hydroxylation is 2. The second-order valence-electron chi connectivity index (χ2n) is 5.23. The summed E-state index contributed by atoms with van der Waals surface area (Å²) in [5.41, 5.74) is 3.07. The van der Waals surface area contributed by atoms with Gasteiger partial charge in [-0.2, -0.15) is 4.98 Å². The molecule has 0 unspecified atom stereocenters. The highest BCUT2D eigenvalue weighted by molar-refractivity contribution is 7.13. The molecule has 0 N–H and O–H groups in total. The van der Waals surface area contributed by atoms with Gasteiger partial charge in [0.25, 0.3) is 5.89 Å². The molecule has 23 heavy (non-hydrogen) atoms. The smallest absolute Gasteiger partial charge is 0.268 e. The van der Waals surface area contributed by atoms with Crippen LogP contribution in [0.3, 0.4) is 0 Å². The Morgan fingerprint density at radius 3 is 2.83 bits per heavy atom. The maximum absolute atomic E-state index is 5.39. The molecule has 116 valence electrons. The lowest BCUT2D eigenvalue weighted by Crippen LogP contribution is -1.99. The summed E-state index contributed by atoms with van der Waals surface area (Å²) in [6.45, 7) is 5.16. The fraction of sp³-hybridized carbons (Fsp3) is 0.235. The zero-order valence-electron chi connectivity index (χ0n) is 13.0. The average molecular weight is 324 g/mol. The summed E-state index contributed by atoms with van der Waals surface area (Å²) < 4.78 is 7.62. The van der Waals surface area contributed by atoms with Crippen molar-refractivity contribution >= 4 is 22.4 Å². The van der Waals surface area contributed by atoms with Gasteiger partial charge in [-0.3, -0.25) is 0 Å². The van der Waals surface area contributed by atoms with Crippen LogP contribution in [0.25, 0.3) is 33.2 Å². The molecule has 4 rings (SSSR count). The second-order valence-corrected chi connectivity index (χ2v) is 6.18. The molecule has 6 heteroatoms. The molecular weight excluding hydrogens is 308 g/mol. The van der Waals surface area contributed by atoms with E-state index in [0.717, 1.165) is 40.3 Å². The molecule has 4 aromatic rings. The third-order valence-electron chi connectivity index (χ3n) is 3.88. The molecule has 3 aromatic heterocycles. The summed E-state index contributed by atoms with van der Waals surface area (Å²) >= 11 is 1.59. The summed E-state index contributed by atoms with van der Waals surface area (Å²) in [7, 11) is 0. The van der Waals surface area contributed by atoms with Crippen LogP contribution in [0.4, 0.5) is 0 Å². The van der Waals surface area contributed by atoms with E-state index in [1.807, 2.05) is 29.6 Å². The molecule has 0 saturated heterocycles. The number of imidazole rings is 1. The molecule has 0 radical (unpaired) electrons. The Bertz CT molecular complexity index is 952. The maximum atomic E-state index is 5.39. The number of aromatic nitrogens is 4. The number of fused-ring (bicyclic) bond motifs is 1. The lowest BCUT2D eigenvalue weighted by Gasteiger charge is -2.04. The van der Waals surface area contributed by atoms with Crippen LogP contribution in [0.1, 0.15) is 19.7 Å². The Morgan fingerprint density at radius 1 is 1.17 bits per heavy atom. The highest BCUT2D eigenvalue weighted by Crippen LogP contribution is 2.27. The standard InChI is InChI=1S/C17H16N4OS/c1-3-15-18-12-8-7-11(10-13(12)21(15)4-2)16-19-17(22-20-16)14-6-5-9-23-14/h5-10H,3-4H2,1-2H3. The average Bonchev–Trinajstić information content (AvgIpc) is 3.31. The van der Waals surface area contributed by atoms with E-state index in [-0.39, 0.29) is 0 Å². The Morgan fingerprint density at radius 2 is 2.09 bits per heavy atom. The Hall–Kier alpha value is -2.47. The predicted molar refractivity (Wildman–Crippen MR) is 91.4 cm³/mol. The molecule has 1 aromatic carbocycles. The first-order chi connectivity index (χ1) is 11.3. The number of hydrogen-bond acceptors (Lipinski definition) is 5. The topological polar surface area (TPSA) is 56.7 Å². The highest BCUT2D eigenvalue weighted by Gasteiger charge is 2.14. The van der Waals surface area contributed by atoms with Crippen LogP contribution < -0.4 is 0 Å². The molecule has 0 saturated carbocycles. The lowest BCUT2D eigenvalue weighted by molar-refractivity contribution is 0.433. The zero-order chi connectivity index (χ0) is 15.8. The van der Waals surface area contributed by atoms with Gasteiger partial charge >= 0.3 is 0 Å². The Balaban J connectivity index is 1.80. The van der Waals surface area contributed by atoms with E-state index in [9.17, 15) is 0 Å². The third kappa shape index (κ3) is 2.35. The maximum Gasteiger partial charge on any atom is 0.268 e. The van der Waals surface area contributed by atoms with Gasteiger partial charge in [0, 0.05) is 18.5 Å². The second kappa shape index (κ2) is 5.62. The van der Waals surface area contributed by atoms with E-state index >= 15 is 0 Å². The van der Waals surface area contributed by atoms with Gasteiger partial charge in [0.15, 0.2) is 0 Å². The first-order valence-corrected chi connectivity index (χ1v) is 8.55. The van der Waals surface area contributed by atoms with E-state index < -0.39 is 0 Å². The quantitative estimate of drug-likeness (QED) is 0.558. The van der Waals surface area contributed by atoms with Gasteiger partial charge < -0.3 is 9.09 Å². The van der Waals surface area contributed by atoms with Crippen molar-refractivity contribution in [3.63, 3.8) is 0 Å². The van der Waals surface area contributed by atoms with Crippen LogP contribution in [0.5, 0.6) is 0 Å². The van der Waals surface area contributed by atoms with Crippen molar-refractivity contribution in [3.05, 3.63) is 41.5 Å². The minimum atomic E-state index is 0.563. The summed E-state index contributed by atoms with van der Waals surface area (Å²) in [6, 6.07) is 10.1. The number of rotatable bonds is 4. The van der Waals surface area contributed by atoms with Gasteiger partial charge in [0.05, 0.1) is 15.9 Å². The fourth-order valence-corrected chi connectivity index (χ4v) is 3.42. The molecule has 0 aliphatic carbocycles. The molecule has 0 atom stereocenters. The van der Waals surface area contributed by atoms with E-state index in [1.165, 1.54) is 0 Å². The van der Waals surface area contributed by atoms with Crippen molar-refractivity contribution in [1.29, 1.82) is 0 Å². The summed E-state index contributed by atoms with van der Waals surface area (Å²) in [5.74, 6) is 2.28. The van der Waals surface area contributed by atoms with Crippen molar-refractivity contribution in [2.24, 2.45) is 0 Å². The SMILES string of the molecule is CCc1nc2ccc(-c3noc(-c4cccs4)n3)cc2n1CC. The number of benzene rings is 1. The molecule has 0 bridgehead atoms. The van der Waals surface area contributed by atoms with Crippen LogP contribution in [-0.2, 0) is 13.0 Å². The first kappa shape index (κ1) is 14.1. The molecule has 0 fully saturated rings. The molecule has 5 nitrogen and oxygen atoms in total. The first-order valence-electron chi connectivity index (χ1n) is 7.67. The van der Waals surface area contributed by atoms with Crippen LogP contribution in [0.2, 0.25) is 0 Å². The van der Waals surface area contributed by atoms with Crippen molar-refractivity contribution < 1.29 is 4.52 Å². The fourth-order valence-electron chi connectivity index (χ4n) is 2.78. The van der Waals surface area contributed by atoms with Gasteiger partial charge in [0.2, 0.25) is 5.82 Å². The third-order valence-corrected chi connectivity index (χ3v) is 4.73. The Kier molecular flexibility index (Phi) is 3.46. The molecule has 0 aliphatic heterocycles. The van der Waals surface area contributed by atoms with Crippen LogP contribution in [-0.4, -0.2) is 19.7 Å². The number of nitrogens with zero attached hydrogens (tertiary/aromatic N) is 4. The van der Waals surface area contributed by atoms with Gasteiger partial charge in [-0.1, -0.05) is 18.1 Å². The van der Waals surface area contributed by atoms with Gasteiger partial charge in [-0.15, -0.1) is 11.3 Å². The van der Waals surface area contributed by atoms with E-state index in [4.69, 9.17) is 4.52 Å². The van der Waals surface area contributed by atoms with Crippen molar-refractivity contribution in [3.8, 4) is 22.2 Å². The minimum absolute atomic E-state index is 0.563. The Labute approximate surface area is 137 Å². The summed E-state index contributed by atoms with van der Waals surface area (Å²) in [4.78, 5) is 10.2. The van der Waals surface area contributed by atoms with Gasteiger partial charge in [-0.05, 0) is 36.6 Å². The van der Waals surface area contributed by atoms with Crippen LogP contribution in [0, 0.1) is 0 Å². The van der Waals surface area contributed by atoms with Crippen molar-refractivity contribution in [1.82, 2.24) is 19.7 Å².